The van der Waals surface area contributed by atoms with Gasteiger partial charge in [0.1, 0.15) is 14.1 Å². The monoisotopic (exact) mass is 245 g/mol. The third-order valence-corrected chi connectivity index (χ3v) is 2.58. The number of carbonyl (C=O) groups excluding carboxylic acids is 1. The maximum atomic E-state index is 11.2. The number of carbonyl (C=O) groups is 2. The molecule has 4 nitrogen and oxygen atoms in total. The highest BCUT2D eigenvalue weighted by Crippen LogP contribution is 1.96. The molecule has 1 amide bonds. The Balaban J connectivity index is 4.36. The van der Waals surface area contributed by atoms with Gasteiger partial charge in [-0.1, -0.05) is 19.6 Å². The maximum Gasteiger partial charge on any atom is 0.327 e. The summed E-state index contributed by atoms with van der Waals surface area (Å²) in [6.45, 7) is 6.00. The van der Waals surface area contributed by atoms with Gasteiger partial charge in [0, 0.05) is 5.75 Å². The molecule has 0 radical (unpaired) electrons. The Kier molecular flexibility index (Phi) is 5.47. The van der Waals surface area contributed by atoms with Crippen LogP contribution in [-0.2, 0) is 9.59 Å². The molecule has 0 saturated carbocycles. The van der Waals surface area contributed by atoms with Crippen LogP contribution in [0.5, 0.6) is 0 Å². The van der Waals surface area contributed by atoms with Crippen molar-refractivity contribution in [2.24, 2.45) is 0 Å². The van der Waals surface area contributed by atoms with Gasteiger partial charge < -0.3 is 10.4 Å². The number of aliphatic carboxylic acids is 1. The molecule has 0 rings (SSSR count). The van der Waals surface area contributed by atoms with E-state index in [-0.39, 0.29) is 5.75 Å². The molecule has 0 aromatic heterocycles. The molecule has 0 aliphatic carbocycles. The zero-order valence-corrected chi connectivity index (χ0v) is 10.9. The van der Waals surface area contributed by atoms with E-state index in [0.29, 0.717) is 0 Å². The van der Waals surface area contributed by atoms with Crippen molar-refractivity contribution in [1.29, 1.82) is 0 Å². The van der Waals surface area contributed by atoms with Crippen LogP contribution in [0.1, 0.15) is 0 Å². The fraction of sp³-hybridized carbons (Fsp3) is 0.556. The first-order chi connectivity index (χ1) is 6.76. The summed E-state index contributed by atoms with van der Waals surface area (Å²) in [4.78, 5) is 21.8. The first-order valence-corrected chi connectivity index (χ1v) is 8.57. The summed E-state index contributed by atoms with van der Waals surface area (Å²) in [5, 5.41) is 10.9. The van der Waals surface area contributed by atoms with Crippen LogP contribution in [0.25, 0.3) is 0 Å². The Hall–Kier alpha value is -0.933. The second kappa shape index (κ2) is 5.83. The molecular formula is C9H15NO3SSi. The molecule has 0 aromatic rings. The van der Waals surface area contributed by atoms with Gasteiger partial charge >= 0.3 is 5.97 Å². The summed E-state index contributed by atoms with van der Waals surface area (Å²) < 4.78 is 0. The number of carboxylic acids is 1. The van der Waals surface area contributed by atoms with Gasteiger partial charge in [-0.3, -0.25) is 4.79 Å². The van der Waals surface area contributed by atoms with Crippen molar-refractivity contribution in [2.45, 2.75) is 25.7 Å². The largest absolute Gasteiger partial charge is 0.480 e. The topological polar surface area (TPSA) is 66.4 Å². The molecule has 1 unspecified atom stereocenters. The zero-order valence-electron chi connectivity index (χ0n) is 9.00. The maximum absolute atomic E-state index is 11.2. The van der Waals surface area contributed by atoms with Gasteiger partial charge in [0.25, 0.3) is 5.91 Å². The van der Waals surface area contributed by atoms with E-state index >= 15 is 0 Å². The number of carboxylic acid groups (broad SMARTS) is 1. The molecule has 0 bridgehead atoms. The van der Waals surface area contributed by atoms with Gasteiger partial charge in [-0.05, 0) is 5.92 Å². The van der Waals surface area contributed by atoms with Crippen molar-refractivity contribution in [1.82, 2.24) is 5.32 Å². The van der Waals surface area contributed by atoms with Gasteiger partial charge in [0.2, 0.25) is 0 Å². The average Bonchev–Trinajstić information content (AvgIpc) is 2.09. The standard InChI is InChI=1S/C9H15NO3SSi/c1-15(2,3)5-4-8(11)10-7(6-14)9(12)13/h7,14H,6H2,1-3H3,(H,10,11)(H,12,13). The summed E-state index contributed by atoms with van der Waals surface area (Å²) in [6, 6.07) is -0.975. The number of hydrogen-bond acceptors (Lipinski definition) is 3. The Morgan fingerprint density at radius 1 is 1.47 bits per heavy atom. The highest BCUT2D eigenvalue weighted by molar-refractivity contribution is 7.80. The molecule has 84 valence electrons. The van der Waals surface area contributed by atoms with Crippen molar-refractivity contribution in [2.75, 3.05) is 5.75 Å². The van der Waals surface area contributed by atoms with Gasteiger partial charge in [-0.2, -0.15) is 12.6 Å². The number of amides is 1. The van der Waals surface area contributed by atoms with Crippen molar-refractivity contribution >= 4 is 32.6 Å². The van der Waals surface area contributed by atoms with E-state index in [4.69, 9.17) is 5.11 Å². The van der Waals surface area contributed by atoms with Crippen LogP contribution in [0.4, 0.5) is 0 Å². The van der Waals surface area contributed by atoms with E-state index in [9.17, 15) is 9.59 Å². The minimum atomic E-state index is -1.60. The van der Waals surface area contributed by atoms with Crippen LogP contribution in [0.15, 0.2) is 0 Å². The summed E-state index contributed by atoms with van der Waals surface area (Å²) >= 11 is 3.82. The smallest absolute Gasteiger partial charge is 0.327 e. The van der Waals surface area contributed by atoms with Crippen LogP contribution >= 0.6 is 12.6 Å². The van der Waals surface area contributed by atoms with E-state index in [1.807, 2.05) is 19.6 Å². The van der Waals surface area contributed by atoms with Crippen LogP contribution in [0.2, 0.25) is 19.6 Å². The lowest BCUT2D eigenvalue weighted by Crippen LogP contribution is -2.41. The normalized spacial score (nSPS) is 12.3. The molecule has 15 heavy (non-hydrogen) atoms. The first-order valence-electron chi connectivity index (χ1n) is 4.43. The molecule has 2 N–H and O–H groups in total. The van der Waals surface area contributed by atoms with Gasteiger partial charge in [-0.15, -0.1) is 5.54 Å². The van der Waals surface area contributed by atoms with E-state index in [1.54, 1.807) is 0 Å². The Bertz CT molecular complexity index is 314. The molecule has 0 aliphatic heterocycles. The lowest BCUT2D eigenvalue weighted by molar-refractivity contribution is -0.140. The Morgan fingerprint density at radius 3 is 2.33 bits per heavy atom. The number of rotatable bonds is 3. The average molecular weight is 245 g/mol. The predicted octanol–water partition coefficient (Wildman–Crippen LogP) is 0.366. The molecule has 0 fully saturated rings. The summed E-state index contributed by atoms with van der Waals surface area (Å²) in [5.41, 5.74) is 2.85. The minimum Gasteiger partial charge on any atom is -0.480 e. The second-order valence-electron chi connectivity index (χ2n) is 4.05. The van der Waals surface area contributed by atoms with Gasteiger partial charge in [-0.25, -0.2) is 4.79 Å². The van der Waals surface area contributed by atoms with E-state index in [0.717, 1.165) is 0 Å². The number of thiol groups is 1. The van der Waals surface area contributed by atoms with Crippen molar-refractivity contribution < 1.29 is 14.7 Å². The molecule has 0 aromatic carbocycles. The third-order valence-electron chi connectivity index (χ3n) is 1.34. The molecule has 0 spiro atoms. The van der Waals surface area contributed by atoms with E-state index in [1.165, 1.54) is 0 Å². The predicted molar refractivity (Wildman–Crippen MR) is 64.5 cm³/mol. The molecule has 6 heteroatoms. The van der Waals surface area contributed by atoms with E-state index in [2.05, 4.69) is 29.4 Å². The van der Waals surface area contributed by atoms with Crippen molar-refractivity contribution in [3.63, 3.8) is 0 Å². The summed E-state index contributed by atoms with van der Waals surface area (Å²) in [5.74, 6) is 0.798. The third kappa shape index (κ3) is 7.05. The molecule has 1 atom stereocenters. The van der Waals surface area contributed by atoms with Crippen LogP contribution in [0, 0.1) is 11.5 Å². The summed E-state index contributed by atoms with van der Waals surface area (Å²) in [7, 11) is -1.60. The minimum absolute atomic E-state index is 0.0513. The Morgan fingerprint density at radius 2 is 2.00 bits per heavy atom. The van der Waals surface area contributed by atoms with E-state index < -0.39 is 26.0 Å². The highest BCUT2D eigenvalue weighted by Gasteiger charge is 2.17. The Labute approximate surface area is 95.9 Å². The number of hydrogen-bond donors (Lipinski definition) is 3. The fourth-order valence-electron chi connectivity index (χ4n) is 0.624. The quantitative estimate of drug-likeness (QED) is 0.382. The second-order valence-corrected chi connectivity index (χ2v) is 9.16. The van der Waals surface area contributed by atoms with Crippen LogP contribution < -0.4 is 5.32 Å². The molecule has 0 aliphatic rings. The summed E-state index contributed by atoms with van der Waals surface area (Å²) in [6.07, 6.45) is 0. The van der Waals surface area contributed by atoms with Gasteiger partial charge in [0.15, 0.2) is 0 Å². The lowest BCUT2D eigenvalue weighted by Gasteiger charge is -2.09. The zero-order chi connectivity index (χ0) is 12.1. The number of nitrogens with one attached hydrogen (secondary N) is 1. The molecular weight excluding hydrogens is 230 g/mol. The van der Waals surface area contributed by atoms with Crippen LogP contribution in [0.3, 0.4) is 0 Å². The van der Waals surface area contributed by atoms with Gasteiger partial charge in [0.05, 0.1) is 0 Å². The first kappa shape index (κ1) is 14.1. The molecule has 0 saturated heterocycles. The lowest BCUT2D eigenvalue weighted by atomic mass is 10.3. The fourth-order valence-corrected chi connectivity index (χ4v) is 1.36. The highest BCUT2D eigenvalue weighted by atomic mass is 32.1. The van der Waals surface area contributed by atoms with Crippen molar-refractivity contribution in [3.05, 3.63) is 0 Å². The van der Waals surface area contributed by atoms with Crippen LogP contribution in [-0.4, -0.2) is 36.9 Å². The SMILES string of the molecule is C[Si](C)(C)C#CC(=O)NC(CS)C(=O)O. The van der Waals surface area contributed by atoms with Crippen molar-refractivity contribution in [3.8, 4) is 11.5 Å². The molecule has 0 heterocycles.